The third kappa shape index (κ3) is 7.10. The highest BCUT2D eigenvalue weighted by Gasteiger charge is 2.16. The molecule has 64 valence electrons. The first-order chi connectivity index (χ1) is 4.95. The molecule has 0 fully saturated rings. The normalized spacial score (nSPS) is 10.8. The first-order valence-electron chi connectivity index (χ1n) is 3.72. The number of ether oxygens (including phenoxy) is 1. The molecule has 0 aromatic heterocycles. The SMILES string of the molecule is C=CCOC(=O)CC(C)(C)C. The zero-order valence-corrected chi connectivity index (χ0v) is 7.52. The summed E-state index contributed by atoms with van der Waals surface area (Å²) in [6.45, 7) is 9.77. The van der Waals surface area contributed by atoms with E-state index >= 15 is 0 Å². The van der Waals surface area contributed by atoms with Crippen LogP contribution in [0.2, 0.25) is 0 Å². The molecule has 11 heavy (non-hydrogen) atoms. The zero-order valence-electron chi connectivity index (χ0n) is 7.52. The Morgan fingerprint density at radius 1 is 1.55 bits per heavy atom. The van der Waals surface area contributed by atoms with Crippen LogP contribution in [-0.4, -0.2) is 12.6 Å². The van der Waals surface area contributed by atoms with E-state index in [4.69, 9.17) is 4.74 Å². The molecule has 2 heteroatoms. The van der Waals surface area contributed by atoms with E-state index in [-0.39, 0.29) is 11.4 Å². The van der Waals surface area contributed by atoms with Gasteiger partial charge in [-0.3, -0.25) is 4.79 Å². The maximum atomic E-state index is 10.9. The minimum Gasteiger partial charge on any atom is -0.461 e. The lowest BCUT2D eigenvalue weighted by Crippen LogP contribution is -2.15. The molecule has 0 amide bonds. The van der Waals surface area contributed by atoms with Crippen molar-refractivity contribution in [2.75, 3.05) is 6.61 Å². The molecule has 0 saturated carbocycles. The molecule has 0 rings (SSSR count). The predicted octanol–water partition coefficient (Wildman–Crippen LogP) is 2.15. The molecule has 2 nitrogen and oxygen atoms in total. The first-order valence-corrected chi connectivity index (χ1v) is 3.72. The summed E-state index contributed by atoms with van der Waals surface area (Å²) in [7, 11) is 0. The molecule has 0 aliphatic carbocycles. The van der Waals surface area contributed by atoms with Crippen molar-refractivity contribution >= 4 is 5.97 Å². The van der Waals surface area contributed by atoms with Gasteiger partial charge in [-0.05, 0) is 5.41 Å². The summed E-state index contributed by atoms with van der Waals surface area (Å²) >= 11 is 0. The van der Waals surface area contributed by atoms with Crippen molar-refractivity contribution in [2.24, 2.45) is 5.41 Å². The van der Waals surface area contributed by atoms with Crippen molar-refractivity contribution in [1.82, 2.24) is 0 Å². The average Bonchev–Trinajstić information content (AvgIpc) is 1.79. The minimum atomic E-state index is -0.155. The molecule has 0 bridgehead atoms. The van der Waals surface area contributed by atoms with Crippen molar-refractivity contribution in [3.63, 3.8) is 0 Å². The van der Waals surface area contributed by atoms with Gasteiger partial charge in [-0.1, -0.05) is 33.4 Å². The Kier molecular flexibility index (Phi) is 3.86. The summed E-state index contributed by atoms with van der Waals surface area (Å²) in [5, 5.41) is 0. The zero-order chi connectivity index (χ0) is 8.91. The Hall–Kier alpha value is -0.790. The van der Waals surface area contributed by atoms with Gasteiger partial charge in [0.05, 0.1) is 6.42 Å². The van der Waals surface area contributed by atoms with E-state index in [2.05, 4.69) is 6.58 Å². The number of hydrogen-bond donors (Lipinski definition) is 0. The summed E-state index contributed by atoms with van der Waals surface area (Å²) in [6, 6.07) is 0. The second kappa shape index (κ2) is 4.16. The fourth-order valence-corrected chi connectivity index (χ4v) is 0.636. The molecule has 0 aliphatic rings. The molecule has 0 atom stereocenters. The Morgan fingerprint density at radius 2 is 2.09 bits per heavy atom. The summed E-state index contributed by atoms with van der Waals surface area (Å²) in [6.07, 6.45) is 2.03. The third-order valence-corrected chi connectivity index (χ3v) is 1.04. The summed E-state index contributed by atoms with van der Waals surface area (Å²) in [5.41, 5.74) is 0.0122. The minimum absolute atomic E-state index is 0.0122. The molecule has 0 aromatic rings. The van der Waals surface area contributed by atoms with Gasteiger partial charge in [0.15, 0.2) is 0 Å². The fourth-order valence-electron chi connectivity index (χ4n) is 0.636. The number of rotatable bonds is 3. The number of carbonyl (C=O) groups excluding carboxylic acids is 1. The van der Waals surface area contributed by atoms with Crippen LogP contribution in [0, 0.1) is 5.41 Å². The molecule has 0 saturated heterocycles. The van der Waals surface area contributed by atoms with Crippen LogP contribution in [0.15, 0.2) is 12.7 Å². The second-order valence-corrected chi connectivity index (χ2v) is 3.71. The summed E-state index contributed by atoms with van der Waals surface area (Å²) in [4.78, 5) is 10.9. The van der Waals surface area contributed by atoms with Crippen LogP contribution < -0.4 is 0 Å². The van der Waals surface area contributed by atoms with Crippen LogP contribution in [0.4, 0.5) is 0 Å². The van der Waals surface area contributed by atoms with Gasteiger partial charge >= 0.3 is 5.97 Å². The molecule has 0 aromatic carbocycles. The van der Waals surface area contributed by atoms with E-state index < -0.39 is 0 Å². The highest BCUT2D eigenvalue weighted by Crippen LogP contribution is 2.18. The predicted molar refractivity (Wildman–Crippen MR) is 45.2 cm³/mol. The monoisotopic (exact) mass is 156 g/mol. The van der Waals surface area contributed by atoms with Gasteiger partial charge in [-0.15, -0.1) is 0 Å². The Labute approximate surface area is 68.2 Å². The van der Waals surface area contributed by atoms with Gasteiger partial charge in [-0.25, -0.2) is 0 Å². The van der Waals surface area contributed by atoms with Crippen molar-refractivity contribution in [3.8, 4) is 0 Å². The van der Waals surface area contributed by atoms with Crippen LogP contribution >= 0.6 is 0 Å². The maximum Gasteiger partial charge on any atom is 0.306 e. The first kappa shape index (κ1) is 10.2. The molecular weight excluding hydrogens is 140 g/mol. The topological polar surface area (TPSA) is 26.3 Å². The highest BCUT2D eigenvalue weighted by molar-refractivity contribution is 5.70. The molecule has 0 heterocycles. The Bertz CT molecular complexity index is 142. The molecule has 0 spiro atoms. The van der Waals surface area contributed by atoms with Gasteiger partial charge in [0.25, 0.3) is 0 Å². The van der Waals surface area contributed by atoms with Crippen LogP contribution in [0.3, 0.4) is 0 Å². The standard InChI is InChI=1S/C9H16O2/c1-5-6-11-8(10)7-9(2,3)4/h5H,1,6-7H2,2-4H3. The lowest BCUT2D eigenvalue weighted by Gasteiger charge is -2.15. The van der Waals surface area contributed by atoms with Gasteiger partial charge in [0.1, 0.15) is 6.61 Å². The van der Waals surface area contributed by atoms with E-state index in [9.17, 15) is 4.79 Å². The van der Waals surface area contributed by atoms with Crippen LogP contribution in [-0.2, 0) is 9.53 Å². The van der Waals surface area contributed by atoms with E-state index in [1.807, 2.05) is 20.8 Å². The van der Waals surface area contributed by atoms with Crippen molar-refractivity contribution < 1.29 is 9.53 Å². The maximum absolute atomic E-state index is 10.9. The summed E-state index contributed by atoms with van der Waals surface area (Å²) < 4.78 is 4.81. The number of carbonyl (C=O) groups is 1. The molecule has 0 radical (unpaired) electrons. The van der Waals surface area contributed by atoms with E-state index in [1.54, 1.807) is 6.08 Å². The van der Waals surface area contributed by atoms with Crippen LogP contribution in [0.1, 0.15) is 27.2 Å². The van der Waals surface area contributed by atoms with Crippen molar-refractivity contribution in [1.29, 1.82) is 0 Å². The fraction of sp³-hybridized carbons (Fsp3) is 0.667. The molecule has 0 N–H and O–H groups in total. The van der Waals surface area contributed by atoms with Gasteiger partial charge in [0.2, 0.25) is 0 Å². The smallest absolute Gasteiger partial charge is 0.306 e. The third-order valence-electron chi connectivity index (χ3n) is 1.04. The van der Waals surface area contributed by atoms with E-state index in [0.29, 0.717) is 13.0 Å². The number of esters is 1. The molecule has 0 aliphatic heterocycles. The molecular formula is C9H16O2. The Balaban J connectivity index is 3.61. The van der Waals surface area contributed by atoms with Crippen molar-refractivity contribution in [2.45, 2.75) is 27.2 Å². The van der Waals surface area contributed by atoms with Gasteiger partial charge in [0, 0.05) is 0 Å². The largest absolute Gasteiger partial charge is 0.461 e. The van der Waals surface area contributed by atoms with Gasteiger partial charge < -0.3 is 4.74 Å². The van der Waals surface area contributed by atoms with E-state index in [1.165, 1.54) is 0 Å². The van der Waals surface area contributed by atoms with Crippen LogP contribution in [0.25, 0.3) is 0 Å². The van der Waals surface area contributed by atoms with Gasteiger partial charge in [-0.2, -0.15) is 0 Å². The quantitative estimate of drug-likeness (QED) is 0.462. The highest BCUT2D eigenvalue weighted by atomic mass is 16.5. The average molecular weight is 156 g/mol. The Morgan fingerprint density at radius 3 is 2.45 bits per heavy atom. The van der Waals surface area contributed by atoms with Crippen molar-refractivity contribution in [3.05, 3.63) is 12.7 Å². The molecule has 0 unspecified atom stereocenters. The lowest BCUT2D eigenvalue weighted by molar-refractivity contribution is -0.144. The van der Waals surface area contributed by atoms with Crippen LogP contribution in [0.5, 0.6) is 0 Å². The van der Waals surface area contributed by atoms with E-state index in [0.717, 1.165) is 0 Å². The lowest BCUT2D eigenvalue weighted by atomic mass is 9.93. The summed E-state index contributed by atoms with van der Waals surface area (Å²) in [5.74, 6) is -0.155. The second-order valence-electron chi connectivity index (χ2n) is 3.71. The number of hydrogen-bond acceptors (Lipinski definition) is 2.